The van der Waals surface area contributed by atoms with Gasteiger partial charge >= 0.3 is 0 Å². The van der Waals surface area contributed by atoms with Crippen LogP contribution in [0.1, 0.15) is 6.23 Å². The van der Waals surface area contributed by atoms with E-state index in [2.05, 4.69) is 25.1 Å². The van der Waals surface area contributed by atoms with Crippen molar-refractivity contribution in [2.24, 2.45) is 0 Å². The minimum absolute atomic E-state index is 0.121. The number of nitrogens with one attached hydrogen (secondary N) is 1. The van der Waals surface area contributed by atoms with Gasteiger partial charge in [0.05, 0.1) is 12.9 Å². The fourth-order valence-corrected chi connectivity index (χ4v) is 3.78. The molecule has 5 rings (SSSR count). The van der Waals surface area contributed by atoms with Gasteiger partial charge in [0.2, 0.25) is 0 Å². The maximum atomic E-state index is 10.4. The molecule has 1 aliphatic rings. The molecule has 0 spiro atoms. The lowest BCUT2D eigenvalue weighted by Gasteiger charge is -2.16. The minimum Gasteiger partial charge on any atom is -0.394 e. The van der Waals surface area contributed by atoms with Gasteiger partial charge in [0.1, 0.15) is 29.5 Å². The van der Waals surface area contributed by atoms with Crippen molar-refractivity contribution in [3.05, 3.63) is 41.8 Å². The molecule has 0 radical (unpaired) electrons. The van der Waals surface area contributed by atoms with E-state index < -0.39 is 31.1 Å². The molecule has 1 aliphatic heterocycles. The molecule has 0 unspecified atom stereocenters. The van der Waals surface area contributed by atoms with E-state index in [1.54, 1.807) is 18.3 Å². The van der Waals surface area contributed by atoms with Crippen LogP contribution in [0.2, 0.25) is 5.02 Å². The van der Waals surface area contributed by atoms with Crippen LogP contribution in [0.15, 0.2) is 36.8 Å². The van der Waals surface area contributed by atoms with E-state index in [4.69, 9.17) is 22.1 Å². The SMILES string of the molecule is Nc1nc(-c2n[nH]cc2-c2ccc(Cl)cc2)nc2c1ncn2[C@@H]1O[C@H](CO)[C@@H](O)[C@H]1O. The third kappa shape index (κ3) is 3.23. The number of hydrogen-bond donors (Lipinski definition) is 5. The summed E-state index contributed by atoms with van der Waals surface area (Å²) < 4.78 is 7.05. The fraction of sp³-hybridized carbons (Fsp3) is 0.263. The molecule has 4 atom stereocenters. The summed E-state index contributed by atoms with van der Waals surface area (Å²) in [5, 5.41) is 37.5. The number of aliphatic hydroxyl groups excluding tert-OH is 3. The molecule has 31 heavy (non-hydrogen) atoms. The van der Waals surface area contributed by atoms with Crippen molar-refractivity contribution in [3.63, 3.8) is 0 Å². The molecule has 4 heterocycles. The van der Waals surface area contributed by atoms with Crippen molar-refractivity contribution in [3.8, 4) is 22.6 Å². The normalized spacial score (nSPS) is 23.6. The number of benzene rings is 1. The van der Waals surface area contributed by atoms with Crippen LogP contribution in [-0.2, 0) is 4.74 Å². The summed E-state index contributed by atoms with van der Waals surface area (Å²) in [6.07, 6.45) is -1.37. The number of aliphatic hydroxyl groups is 3. The van der Waals surface area contributed by atoms with Gasteiger partial charge in [-0.15, -0.1) is 0 Å². The van der Waals surface area contributed by atoms with Crippen molar-refractivity contribution in [1.82, 2.24) is 29.7 Å². The molecule has 0 aliphatic carbocycles. The fourth-order valence-electron chi connectivity index (χ4n) is 3.65. The van der Waals surface area contributed by atoms with Crippen LogP contribution in [0.5, 0.6) is 0 Å². The van der Waals surface area contributed by atoms with E-state index >= 15 is 0 Å². The summed E-state index contributed by atoms with van der Waals surface area (Å²) in [6.45, 7) is -0.443. The lowest BCUT2D eigenvalue weighted by molar-refractivity contribution is -0.0511. The number of H-pyrrole nitrogens is 1. The summed E-state index contributed by atoms with van der Waals surface area (Å²) >= 11 is 5.99. The van der Waals surface area contributed by atoms with Crippen LogP contribution in [0.4, 0.5) is 5.82 Å². The second kappa shape index (κ2) is 7.55. The smallest absolute Gasteiger partial charge is 0.184 e. The van der Waals surface area contributed by atoms with Crippen LogP contribution in [0.25, 0.3) is 33.8 Å². The predicted molar refractivity (Wildman–Crippen MR) is 111 cm³/mol. The highest BCUT2D eigenvalue weighted by atomic mass is 35.5. The first kappa shape index (κ1) is 19.8. The Balaban J connectivity index is 1.61. The van der Waals surface area contributed by atoms with Crippen LogP contribution in [0.3, 0.4) is 0 Å². The van der Waals surface area contributed by atoms with Crippen LogP contribution in [0, 0.1) is 0 Å². The quantitative estimate of drug-likeness (QED) is 0.305. The molecule has 1 fully saturated rings. The van der Waals surface area contributed by atoms with Crippen molar-refractivity contribution in [2.75, 3.05) is 12.3 Å². The lowest BCUT2D eigenvalue weighted by Crippen LogP contribution is -2.33. The third-order valence-electron chi connectivity index (χ3n) is 5.25. The predicted octanol–water partition coefficient (Wildman–Crippen LogP) is 0.730. The Hall–Kier alpha value is -3.09. The molecule has 12 heteroatoms. The van der Waals surface area contributed by atoms with E-state index in [1.165, 1.54) is 10.9 Å². The molecule has 1 saturated heterocycles. The average Bonchev–Trinajstić information content (AvgIpc) is 3.47. The number of aromatic nitrogens is 6. The topological polar surface area (TPSA) is 168 Å². The van der Waals surface area contributed by atoms with Crippen LogP contribution in [-0.4, -0.2) is 70.0 Å². The molecule has 11 nitrogen and oxygen atoms in total. The number of hydrogen-bond acceptors (Lipinski definition) is 9. The summed E-state index contributed by atoms with van der Waals surface area (Å²) in [7, 11) is 0. The summed E-state index contributed by atoms with van der Waals surface area (Å²) in [5.74, 6) is 0.361. The van der Waals surface area contributed by atoms with Gasteiger partial charge in [0.15, 0.2) is 23.5 Å². The number of imidazole rings is 1. The van der Waals surface area contributed by atoms with Crippen molar-refractivity contribution < 1.29 is 20.1 Å². The van der Waals surface area contributed by atoms with E-state index in [9.17, 15) is 15.3 Å². The zero-order valence-electron chi connectivity index (χ0n) is 15.9. The molecule has 0 bridgehead atoms. The highest BCUT2D eigenvalue weighted by molar-refractivity contribution is 6.30. The number of ether oxygens (including phenoxy) is 1. The first-order chi connectivity index (χ1) is 15.0. The zero-order chi connectivity index (χ0) is 21.7. The van der Waals surface area contributed by atoms with Gasteiger partial charge in [-0.05, 0) is 17.7 Å². The first-order valence-corrected chi connectivity index (χ1v) is 9.78. The van der Waals surface area contributed by atoms with E-state index in [1.807, 2.05) is 12.1 Å². The number of rotatable bonds is 4. The molecular weight excluding hydrogens is 426 g/mol. The molecule has 3 aromatic heterocycles. The van der Waals surface area contributed by atoms with E-state index in [0.29, 0.717) is 21.9 Å². The van der Waals surface area contributed by atoms with Gasteiger partial charge in [-0.25, -0.2) is 15.0 Å². The van der Waals surface area contributed by atoms with Crippen molar-refractivity contribution >= 4 is 28.6 Å². The Morgan fingerprint density at radius 2 is 1.94 bits per heavy atom. The molecule has 1 aromatic carbocycles. The van der Waals surface area contributed by atoms with Gasteiger partial charge in [-0.1, -0.05) is 23.7 Å². The molecular formula is C19H18ClN7O4. The Morgan fingerprint density at radius 1 is 1.16 bits per heavy atom. The maximum Gasteiger partial charge on any atom is 0.184 e. The van der Waals surface area contributed by atoms with Crippen LogP contribution < -0.4 is 5.73 Å². The van der Waals surface area contributed by atoms with Gasteiger partial charge in [0.25, 0.3) is 0 Å². The summed E-state index contributed by atoms with van der Waals surface area (Å²) in [6, 6.07) is 7.23. The summed E-state index contributed by atoms with van der Waals surface area (Å²) in [5.41, 5.74) is 8.79. The van der Waals surface area contributed by atoms with E-state index in [-0.39, 0.29) is 11.6 Å². The Kier molecular flexibility index (Phi) is 4.84. The number of nitrogen functional groups attached to an aromatic ring is 1. The number of anilines is 1. The third-order valence-corrected chi connectivity index (χ3v) is 5.50. The standard InChI is InChI=1S/C19H18ClN7O4/c20-9-3-1-8(2-4-9)10-5-23-26-12(10)17-24-16(21)13-18(25-17)27(7-22-13)19-15(30)14(29)11(6-28)31-19/h1-5,7,11,14-15,19,28-30H,6H2,(H,23,26)(H2,21,24,25)/t11-,14-,15-,19-/m1/s1. The number of halogens is 1. The average molecular weight is 444 g/mol. The highest BCUT2D eigenvalue weighted by Gasteiger charge is 2.44. The van der Waals surface area contributed by atoms with Gasteiger partial charge in [-0.3, -0.25) is 9.67 Å². The molecule has 6 N–H and O–H groups in total. The van der Waals surface area contributed by atoms with Crippen molar-refractivity contribution in [2.45, 2.75) is 24.5 Å². The number of nitrogens with zero attached hydrogens (tertiary/aromatic N) is 5. The largest absolute Gasteiger partial charge is 0.394 e. The van der Waals surface area contributed by atoms with Crippen LogP contribution >= 0.6 is 11.6 Å². The van der Waals surface area contributed by atoms with Gasteiger partial charge in [0, 0.05) is 16.8 Å². The molecule has 160 valence electrons. The zero-order valence-corrected chi connectivity index (χ0v) is 16.7. The molecule has 4 aromatic rings. The van der Waals surface area contributed by atoms with Gasteiger partial charge < -0.3 is 25.8 Å². The van der Waals surface area contributed by atoms with Crippen molar-refractivity contribution in [1.29, 1.82) is 0 Å². The minimum atomic E-state index is -1.29. The first-order valence-electron chi connectivity index (χ1n) is 9.40. The second-order valence-electron chi connectivity index (χ2n) is 7.14. The number of aromatic amines is 1. The highest BCUT2D eigenvalue weighted by Crippen LogP contribution is 2.34. The molecule has 0 saturated carbocycles. The Bertz CT molecular complexity index is 1240. The molecule has 0 amide bonds. The Morgan fingerprint density at radius 3 is 2.65 bits per heavy atom. The maximum absolute atomic E-state index is 10.4. The summed E-state index contributed by atoms with van der Waals surface area (Å²) in [4.78, 5) is 13.1. The van der Waals surface area contributed by atoms with Gasteiger partial charge in [-0.2, -0.15) is 5.10 Å². The monoisotopic (exact) mass is 443 g/mol. The number of fused-ring (bicyclic) bond motifs is 1. The van der Waals surface area contributed by atoms with E-state index in [0.717, 1.165) is 11.1 Å². The Labute approximate surface area is 180 Å². The number of nitrogens with two attached hydrogens (primary N) is 1. The lowest BCUT2D eigenvalue weighted by atomic mass is 10.1. The second-order valence-corrected chi connectivity index (χ2v) is 7.58.